The normalized spacial score (nSPS) is 11.5. The lowest BCUT2D eigenvalue weighted by molar-refractivity contribution is -0.137. The fraction of sp³-hybridized carbons (Fsp3) is 0.0909. The Hall–Kier alpha value is -4.79. The highest BCUT2D eigenvalue weighted by molar-refractivity contribution is 5.94. The van der Waals surface area contributed by atoms with Gasteiger partial charge in [0.2, 0.25) is 5.95 Å². The molecule has 5 aromatic rings. The molecule has 4 aromatic heterocycles. The van der Waals surface area contributed by atoms with Crippen molar-refractivity contribution in [3.05, 3.63) is 78.3 Å². The van der Waals surface area contributed by atoms with Crippen molar-refractivity contribution < 1.29 is 13.2 Å². The molecule has 5 rings (SSSR count). The van der Waals surface area contributed by atoms with E-state index in [0.717, 1.165) is 23.5 Å². The fourth-order valence-electron chi connectivity index (χ4n) is 3.44. The number of hydrogen-bond donors (Lipinski definition) is 2. The molecule has 0 bridgehead atoms. The van der Waals surface area contributed by atoms with Gasteiger partial charge in [0.25, 0.3) is 0 Å². The zero-order chi connectivity index (χ0) is 23.7. The van der Waals surface area contributed by atoms with Crippen molar-refractivity contribution in [2.45, 2.75) is 12.7 Å². The maximum atomic E-state index is 13.2. The molecule has 0 aliphatic carbocycles. The molecule has 34 heavy (non-hydrogen) atoms. The Kier molecular flexibility index (Phi) is 5.14. The van der Waals surface area contributed by atoms with Gasteiger partial charge in [0.1, 0.15) is 24.4 Å². The predicted molar refractivity (Wildman–Crippen MR) is 116 cm³/mol. The van der Waals surface area contributed by atoms with Crippen molar-refractivity contribution in [3.8, 4) is 23.0 Å². The summed E-state index contributed by atoms with van der Waals surface area (Å²) >= 11 is 0. The van der Waals surface area contributed by atoms with E-state index in [1.165, 1.54) is 18.7 Å². The topological polar surface area (TPSA) is 121 Å². The van der Waals surface area contributed by atoms with Crippen molar-refractivity contribution in [2.24, 2.45) is 0 Å². The molecule has 1 aromatic carbocycles. The van der Waals surface area contributed by atoms with Gasteiger partial charge in [-0.2, -0.15) is 23.5 Å². The molecule has 0 atom stereocenters. The minimum atomic E-state index is -4.55. The molecule has 0 aliphatic heterocycles. The predicted octanol–water partition coefficient (Wildman–Crippen LogP) is 4.10. The van der Waals surface area contributed by atoms with Gasteiger partial charge in [0, 0.05) is 29.9 Å². The van der Waals surface area contributed by atoms with Crippen molar-refractivity contribution in [2.75, 3.05) is 5.32 Å². The zero-order valence-electron chi connectivity index (χ0n) is 17.2. The molecule has 9 nitrogen and oxygen atoms in total. The lowest BCUT2D eigenvalue weighted by Crippen LogP contribution is -2.06. The number of alkyl halides is 3. The van der Waals surface area contributed by atoms with Gasteiger partial charge < -0.3 is 10.3 Å². The second-order valence-electron chi connectivity index (χ2n) is 7.25. The average molecular weight is 461 g/mol. The summed E-state index contributed by atoms with van der Waals surface area (Å²) in [5.74, 6) is 0.217. The van der Waals surface area contributed by atoms with Crippen molar-refractivity contribution in [1.82, 2.24) is 34.7 Å². The largest absolute Gasteiger partial charge is 0.417 e. The number of halogens is 3. The molecule has 0 saturated heterocycles. The highest BCUT2D eigenvalue weighted by atomic mass is 19.4. The number of anilines is 1. The number of hydrogen-bond acceptors (Lipinski definition) is 7. The van der Waals surface area contributed by atoms with Crippen molar-refractivity contribution in [3.63, 3.8) is 0 Å². The number of fused-ring (bicyclic) bond motifs is 1. The highest BCUT2D eigenvalue weighted by Gasteiger charge is 2.31. The van der Waals surface area contributed by atoms with Crippen LogP contribution < -0.4 is 5.32 Å². The number of aromatic nitrogens is 7. The number of nitriles is 1. The second-order valence-corrected chi connectivity index (χ2v) is 7.25. The summed E-state index contributed by atoms with van der Waals surface area (Å²) in [7, 11) is 0. The molecular weight excluding hydrogens is 447 g/mol. The van der Waals surface area contributed by atoms with Crippen LogP contribution in [-0.4, -0.2) is 34.7 Å². The molecule has 0 saturated carbocycles. The van der Waals surface area contributed by atoms with Crippen LogP contribution in [0.25, 0.3) is 28.0 Å². The molecule has 0 radical (unpaired) electrons. The lowest BCUT2D eigenvalue weighted by Gasteiger charge is -2.10. The van der Waals surface area contributed by atoms with Crippen LogP contribution >= 0.6 is 0 Å². The maximum absolute atomic E-state index is 13.2. The minimum Gasteiger partial charge on any atom is -0.350 e. The summed E-state index contributed by atoms with van der Waals surface area (Å²) < 4.78 is 41.2. The van der Waals surface area contributed by atoms with E-state index in [-0.39, 0.29) is 28.2 Å². The van der Waals surface area contributed by atoms with Crippen LogP contribution in [0, 0.1) is 11.3 Å². The van der Waals surface area contributed by atoms with Gasteiger partial charge in [-0.15, -0.1) is 0 Å². The van der Waals surface area contributed by atoms with Crippen LogP contribution in [0.5, 0.6) is 0 Å². The number of pyridine rings is 1. The van der Waals surface area contributed by atoms with Crippen LogP contribution in [0.2, 0.25) is 0 Å². The smallest absolute Gasteiger partial charge is 0.350 e. The van der Waals surface area contributed by atoms with Crippen LogP contribution in [0.3, 0.4) is 0 Å². The SMILES string of the molecule is N#Cc1cnc(NCc2cccc(-n3cncn3)c2)nc1-c1c[nH]c2ncc(C(F)(F)F)cc12. The Labute approximate surface area is 190 Å². The van der Waals surface area contributed by atoms with Crippen LogP contribution in [0.4, 0.5) is 19.1 Å². The quantitative estimate of drug-likeness (QED) is 0.404. The van der Waals surface area contributed by atoms with Crippen molar-refractivity contribution >= 4 is 17.0 Å². The Bertz CT molecular complexity index is 1520. The summed E-state index contributed by atoms with van der Waals surface area (Å²) in [5, 5.41) is 16.9. The number of benzene rings is 1. The van der Waals surface area contributed by atoms with Gasteiger partial charge in [0.05, 0.1) is 28.7 Å². The van der Waals surface area contributed by atoms with Gasteiger partial charge >= 0.3 is 6.18 Å². The Morgan fingerprint density at radius 1 is 1.15 bits per heavy atom. The molecule has 0 fully saturated rings. The minimum absolute atomic E-state index is 0.122. The van der Waals surface area contributed by atoms with E-state index in [0.29, 0.717) is 12.1 Å². The molecular formula is C22H14F3N9. The molecule has 168 valence electrons. The first kappa shape index (κ1) is 21.1. The number of nitrogens with one attached hydrogen (secondary N) is 2. The monoisotopic (exact) mass is 461 g/mol. The number of nitrogens with zero attached hydrogens (tertiary/aromatic N) is 7. The number of H-pyrrole nitrogens is 1. The van der Waals surface area contributed by atoms with Crippen LogP contribution in [-0.2, 0) is 12.7 Å². The average Bonchev–Trinajstić information content (AvgIpc) is 3.52. The molecule has 2 N–H and O–H groups in total. The van der Waals surface area contributed by atoms with E-state index in [2.05, 4.69) is 35.3 Å². The molecule has 4 heterocycles. The summed E-state index contributed by atoms with van der Waals surface area (Å²) in [6.07, 6.45) is 2.04. The third-order valence-electron chi connectivity index (χ3n) is 5.07. The summed E-state index contributed by atoms with van der Waals surface area (Å²) in [4.78, 5) is 19.2. The van der Waals surface area contributed by atoms with Crippen LogP contribution in [0.15, 0.2) is 61.6 Å². The second kappa shape index (κ2) is 8.28. The van der Waals surface area contributed by atoms with Gasteiger partial charge in [-0.05, 0) is 23.8 Å². The molecule has 0 amide bonds. The Morgan fingerprint density at radius 3 is 2.79 bits per heavy atom. The summed E-state index contributed by atoms with van der Waals surface area (Å²) in [6, 6.07) is 10.6. The Morgan fingerprint density at radius 2 is 2.03 bits per heavy atom. The zero-order valence-corrected chi connectivity index (χ0v) is 17.2. The van der Waals surface area contributed by atoms with Crippen LogP contribution in [0.1, 0.15) is 16.7 Å². The fourth-order valence-corrected chi connectivity index (χ4v) is 3.44. The van der Waals surface area contributed by atoms with Gasteiger partial charge in [-0.3, -0.25) is 0 Å². The first-order valence-corrected chi connectivity index (χ1v) is 9.92. The summed E-state index contributed by atoms with van der Waals surface area (Å²) in [6.45, 7) is 0.363. The van der Waals surface area contributed by atoms with E-state index >= 15 is 0 Å². The lowest BCUT2D eigenvalue weighted by atomic mass is 10.1. The van der Waals surface area contributed by atoms with E-state index in [1.807, 2.05) is 30.3 Å². The van der Waals surface area contributed by atoms with E-state index in [1.54, 1.807) is 11.0 Å². The van der Waals surface area contributed by atoms with E-state index in [4.69, 9.17) is 0 Å². The standard InChI is InChI=1S/C22H14F3N9/c23-22(24,25)15-5-17-18(10-29-20(17)28-9-15)19-14(6-26)8-31-21(33-19)30-7-13-2-1-3-16(4-13)34-12-27-11-32-34/h1-5,8-12H,7H2,(H,28,29)(H,30,31,33). The third kappa shape index (κ3) is 4.02. The number of aromatic amines is 1. The number of rotatable bonds is 5. The van der Waals surface area contributed by atoms with Gasteiger partial charge in [-0.25, -0.2) is 24.6 Å². The first-order valence-electron chi connectivity index (χ1n) is 9.92. The molecule has 0 spiro atoms. The molecule has 0 unspecified atom stereocenters. The van der Waals surface area contributed by atoms with Crippen molar-refractivity contribution in [1.29, 1.82) is 5.26 Å². The van der Waals surface area contributed by atoms with Gasteiger partial charge in [0.15, 0.2) is 0 Å². The summed E-state index contributed by atoms with van der Waals surface area (Å²) in [5.41, 5.74) is 1.74. The van der Waals surface area contributed by atoms with Gasteiger partial charge in [-0.1, -0.05) is 12.1 Å². The highest BCUT2D eigenvalue weighted by Crippen LogP contribution is 2.34. The molecule has 12 heteroatoms. The third-order valence-corrected chi connectivity index (χ3v) is 5.07. The molecule has 0 aliphatic rings. The first-order chi connectivity index (χ1) is 16.4. The maximum Gasteiger partial charge on any atom is 0.417 e. The van der Waals surface area contributed by atoms with E-state index < -0.39 is 11.7 Å². The van der Waals surface area contributed by atoms with E-state index in [9.17, 15) is 18.4 Å². The Balaban J connectivity index is 1.46.